The number of piperidine rings is 1. The van der Waals surface area contributed by atoms with Gasteiger partial charge in [-0.15, -0.1) is 0 Å². The van der Waals surface area contributed by atoms with Gasteiger partial charge in [0.15, 0.2) is 0 Å². The summed E-state index contributed by atoms with van der Waals surface area (Å²) in [6.07, 6.45) is 2.75. The Morgan fingerprint density at radius 3 is 2.90 bits per heavy atom. The molecular weight excluding hydrogens is 275 g/mol. The largest absolute Gasteiger partial charge is 0.478 e. The van der Waals surface area contributed by atoms with Crippen LogP contribution in [0.3, 0.4) is 0 Å². The van der Waals surface area contributed by atoms with E-state index in [-0.39, 0.29) is 23.2 Å². The standard InChI is InChI=1S/C15H19FN2O3/c1-2-9-5-6-17-13(7-9)14(19)18-12-8-10(15(20)21)3-4-11(12)16/h3-4,8-9,13,17H,2,5-7H2,1H3,(H,18,19)(H,20,21). The highest BCUT2D eigenvalue weighted by molar-refractivity contribution is 5.96. The van der Waals surface area contributed by atoms with Gasteiger partial charge in [0.1, 0.15) is 5.82 Å². The fraction of sp³-hybridized carbons (Fsp3) is 0.467. The van der Waals surface area contributed by atoms with E-state index in [4.69, 9.17) is 5.11 Å². The molecule has 2 atom stereocenters. The fourth-order valence-corrected chi connectivity index (χ4v) is 2.54. The summed E-state index contributed by atoms with van der Waals surface area (Å²) >= 11 is 0. The Morgan fingerprint density at radius 2 is 2.24 bits per heavy atom. The second-order valence-electron chi connectivity index (χ2n) is 5.29. The minimum atomic E-state index is -1.16. The number of benzene rings is 1. The number of hydrogen-bond acceptors (Lipinski definition) is 3. The molecule has 6 heteroatoms. The molecule has 114 valence electrons. The molecule has 1 heterocycles. The van der Waals surface area contributed by atoms with Crippen molar-refractivity contribution in [1.82, 2.24) is 5.32 Å². The minimum absolute atomic E-state index is 0.0604. The van der Waals surface area contributed by atoms with Gasteiger partial charge < -0.3 is 15.7 Å². The second-order valence-corrected chi connectivity index (χ2v) is 5.29. The smallest absolute Gasteiger partial charge is 0.335 e. The molecule has 1 fully saturated rings. The first kappa shape index (κ1) is 15.4. The van der Waals surface area contributed by atoms with Crippen molar-refractivity contribution >= 4 is 17.6 Å². The molecule has 0 spiro atoms. The Morgan fingerprint density at radius 1 is 1.48 bits per heavy atom. The number of carbonyl (C=O) groups is 2. The van der Waals surface area contributed by atoms with Gasteiger partial charge in [-0.25, -0.2) is 9.18 Å². The molecule has 1 saturated heterocycles. The molecule has 2 rings (SSSR count). The molecular formula is C15H19FN2O3. The number of carbonyl (C=O) groups excluding carboxylic acids is 1. The first-order valence-corrected chi connectivity index (χ1v) is 7.08. The van der Waals surface area contributed by atoms with E-state index in [0.717, 1.165) is 31.5 Å². The van der Waals surface area contributed by atoms with E-state index >= 15 is 0 Å². The monoisotopic (exact) mass is 294 g/mol. The Kier molecular flexibility index (Phi) is 4.90. The Bertz CT molecular complexity index is 548. The highest BCUT2D eigenvalue weighted by atomic mass is 19.1. The van der Waals surface area contributed by atoms with Crippen molar-refractivity contribution < 1.29 is 19.1 Å². The lowest BCUT2D eigenvalue weighted by Gasteiger charge is -2.28. The van der Waals surface area contributed by atoms with Crippen LogP contribution in [0.25, 0.3) is 0 Å². The van der Waals surface area contributed by atoms with Crippen LogP contribution in [0.15, 0.2) is 18.2 Å². The van der Waals surface area contributed by atoms with E-state index in [1.807, 2.05) is 0 Å². The van der Waals surface area contributed by atoms with E-state index in [2.05, 4.69) is 17.6 Å². The Balaban J connectivity index is 2.08. The summed E-state index contributed by atoms with van der Waals surface area (Å²) in [6, 6.07) is 2.98. The lowest BCUT2D eigenvalue weighted by Crippen LogP contribution is -2.46. The third-order valence-electron chi connectivity index (χ3n) is 3.88. The van der Waals surface area contributed by atoms with Crippen molar-refractivity contribution in [3.05, 3.63) is 29.6 Å². The van der Waals surface area contributed by atoms with Gasteiger partial charge in [-0.2, -0.15) is 0 Å². The molecule has 3 N–H and O–H groups in total. The van der Waals surface area contributed by atoms with Crippen molar-refractivity contribution in [3.8, 4) is 0 Å². The van der Waals surface area contributed by atoms with Crippen molar-refractivity contribution in [3.63, 3.8) is 0 Å². The number of hydrogen-bond donors (Lipinski definition) is 3. The normalized spacial score (nSPS) is 21.8. The molecule has 1 aromatic carbocycles. The summed E-state index contributed by atoms with van der Waals surface area (Å²) in [5, 5.41) is 14.5. The maximum Gasteiger partial charge on any atom is 0.335 e. The summed E-state index contributed by atoms with van der Waals surface area (Å²) in [7, 11) is 0. The zero-order chi connectivity index (χ0) is 15.4. The van der Waals surface area contributed by atoms with Crippen LogP contribution in [0, 0.1) is 11.7 Å². The zero-order valence-electron chi connectivity index (χ0n) is 11.9. The van der Waals surface area contributed by atoms with Gasteiger partial charge in [0.2, 0.25) is 5.91 Å². The predicted molar refractivity (Wildman–Crippen MR) is 76.8 cm³/mol. The maximum atomic E-state index is 13.7. The third-order valence-corrected chi connectivity index (χ3v) is 3.88. The van der Waals surface area contributed by atoms with Gasteiger partial charge in [0, 0.05) is 0 Å². The van der Waals surface area contributed by atoms with Gasteiger partial charge in [0.05, 0.1) is 17.3 Å². The number of carboxylic acids is 1. The predicted octanol–water partition coefficient (Wildman–Crippen LogP) is 2.24. The van der Waals surface area contributed by atoms with Gasteiger partial charge in [-0.3, -0.25) is 4.79 Å². The number of rotatable bonds is 4. The first-order chi connectivity index (χ1) is 10.0. The summed E-state index contributed by atoms with van der Waals surface area (Å²) in [4.78, 5) is 23.1. The molecule has 0 aromatic heterocycles. The molecule has 1 aliphatic heterocycles. The lowest BCUT2D eigenvalue weighted by atomic mass is 9.90. The number of halogens is 1. The minimum Gasteiger partial charge on any atom is -0.478 e. The quantitative estimate of drug-likeness (QED) is 0.796. The highest BCUT2D eigenvalue weighted by Gasteiger charge is 2.26. The fourth-order valence-electron chi connectivity index (χ4n) is 2.54. The number of carboxylic acid groups (broad SMARTS) is 1. The van der Waals surface area contributed by atoms with E-state index < -0.39 is 11.8 Å². The van der Waals surface area contributed by atoms with E-state index in [9.17, 15) is 14.0 Å². The Labute approximate surface area is 122 Å². The molecule has 0 saturated carbocycles. The van der Waals surface area contributed by atoms with Gasteiger partial charge in [-0.1, -0.05) is 13.3 Å². The Hall–Kier alpha value is -1.95. The van der Waals surface area contributed by atoms with Gasteiger partial charge >= 0.3 is 5.97 Å². The highest BCUT2D eigenvalue weighted by Crippen LogP contribution is 2.21. The van der Waals surface area contributed by atoms with Crippen LogP contribution in [0.4, 0.5) is 10.1 Å². The topological polar surface area (TPSA) is 78.4 Å². The van der Waals surface area contributed by atoms with Crippen molar-refractivity contribution in [2.24, 2.45) is 5.92 Å². The van der Waals surface area contributed by atoms with Crippen LogP contribution in [0.5, 0.6) is 0 Å². The van der Waals surface area contributed by atoms with E-state index in [1.54, 1.807) is 0 Å². The molecule has 0 bridgehead atoms. The number of anilines is 1. The zero-order valence-corrected chi connectivity index (χ0v) is 11.9. The molecule has 2 unspecified atom stereocenters. The third kappa shape index (κ3) is 3.78. The van der Waals surface area contributed by atoms with Crippen molar-refractivity contribution in [2.75, 3.05) is 11.9 Å². The summed E-state index contributed by atoms with van der Waals surface area (Å²) in [6.45, 7) is 2.84. The average Bonchev–Trinajstić information content (AvgIpc) is 2.49. The van der Waals surface area contributed by atoms with Gasteiger partial charge in [-0.05, 0) is 43.5 Å². The number of amides is 1. The molecule has 5 nitrogen and oxygen atoms in total. The average molecular weight is 294 g/mol. The van der Waals surface area contributed by atoms with Crippen LogP contribution in [-0.4, -0.2) is 29.6 Å². The molecule has 1 aliphatic rings. The first-order valence-electron chi connectivity index (χ1n) is 7.08. The van der Waals surface area contributed by atoms with Crippen LogP contribution in [-0.2, 0) is 4.79 Å². The van der Waals surface area contributed by atoms with Crippen LogP contribution in [0.1, 0.15) is 36.5 Å². The number of nitrogens with one attached hydrogen (secondary N) is 2. The number of aromatic carboxylic acids is 1. The maximum absolute atomic E-state index is 13.7. The molecule has 0 radical (unpaired) electrons. The van der Waals surface area contributed by atoms with Gasteiger partial charge in [0.25, 0.3) is 0 Å². The van der Waals surface area contributed by atoms with E-state index in [0.29, 0.717) is 12.3 Å². The van der Waals surface area contributed by atoms with Crippen LogP contribution >= 0.6 is 0 Å². The molecule has 21 heavy (non-hydrogen) atoms. The van der Waals surface area contributed by atoms with Crippen LogP contribution < -0.4 is 10.6 Å². The van der Waals surface area contributed by atoms with Crippen molar-refractivity contribution in [2.45, 2.75) is 32.2 Å². The van der Waals surface area contributed by atoms with Crippen LogP contribution in [0.2, 0.25) is 0 Å². The summed E-state index contributed by atoms with van der Waals surface area (Å²) in [5.74, 6) is -1.64. The second kappa shape index (κ2) is 6.67. The van der Waals surface area contributed by atoms with E-state index in [1.165, 1.54) is 6.07 Å². The lowest BCUT2D eigenvalue weighted by molar-refractivity contribution is -0.119. The van der Waals surface area contributed by atoms with Crippen molar-refractivity contribution in [1.29, 1.82) is 0 Å². The summed E-state index contributed by atoms with van der Waals surface area (Å²) in [5.41, 5.74) is -0.157. The SMILES string of the molecule is CCC1CCNC(C(=O)Nc2cc(C(=O)O)ccc2F)C1. The molecule has 0 aliphatic carbocycles. The summed E-state index contributed by atoms with van der Waals surface area (Å²) < 4.78 is 13.7. The molecule has 1 aromatic rings. The molecule has 1 amide bonds.